The number of thiazole rings is 1. The van der Waals surface area contributed by atoms with Crippen molar-refractivity contribution in [3.63, 3.8) is 0 Å². The van der Waals surface area contributed by atoms with Gasteiger partial charge in [0.15, 0.2) is 0 Å². The van der Waals surface area contributed by atoms with Gasteiger partial charge in [-0.15, -0.1) is 11.3 Å². The van der Waals surface area contributed by atoms with Crippen molar-refractivity contribution in [2.75, 3.05) is 18.1 Å². The summed E-state index contributed by atoms with van der Waals surface area (Å²) in [5.41, 5.74) is 2.19. The van der Waals surface area contributed by atoms with Crippen LogP contribution in [0.15, 0.2) is 35.4 Å². The van der Waals surface area contributed by atoms with Gasteiger partial charge in [0.05, 0.1) is 24.4 Å². The third-order valence-corrected chi connectivity index (χ3v) is 4.53. The summed E-state index contributed by atoms with van der Waals surface area (Å²) in [6.45, 7) is 4.84. The summed E-state index contributed by atoms with van der Waals surface area (Å²) < 4.78 is 5.78. The minimum atomic E-state index is 0.176. The van der Waals surface area contributed by atoms with E-state index in [1.54, 1.807) is 4.90 Å². The number of benzene rings is 1. The Morgan fingerprint density at radius 3 is 2.87 bits per heavy atom. The number of ether oxygens (including phenoxy) is 1. The van der Waals surface area contributed by atoms with Crippen molar-refractivity contribution in [3.8, 4) is 5.75 Å². The molecular formula is C17H19N3O2S. The molecule has 0 aliphatic carbocycles. The number of nitrogens with zero attached hydrogens (tertiary/aromatic N) is 2. The molecule has 2 heterocycles. The monoisotopic (exact) mass is 329 g/mol. The molecule has 0 radical (unpaired) electrons. The van der Waals surface area contributed by atoms with E-state index in [0.29, 0.717) is 17.2 Å². The van der Waals surface area contributed by atoms with Crippen molar-refractivity contribution in [1.29, 1.82) is 5.41 Å². The fraction of sp³-hybridized carbons (Fsp3) is 0.294. The van der Waals surface area contributed by atoms with Crippen molar-refractivity contribution in [1.82, 2.24) is 4.98 Å². The van der Waals surface area contributed by atoms with Crippen LogP contribution in [0.2, 0.25) is 0 Å². The molecule has 0 saturated carbocycles. The van der Waals surface area contributed by atoms with Gasteiger partial charge >= 0.3 is 0 Å². The summed E-state index contributed by atoms with van der Waals surface area (Å²) in [7, 11) is 0. The van der Waals surface area contributed by atoms with Crippen LogP contribution in [0.25, 0.3) is 5.57 Å². The molecule has 0 saturated heterocycles. The second-order valence-corrected chi connectivity index (χ2v) is 6.22. The molecule has 1 aliphatic heterocycles. The minimum absolute atomic E-state index is 0.176. The first-order valence-electron chi connectivity index (χ1n) is 7.54. The molecule has 0 spiro atoms. The van der Waals surface area contributed by atoms with Gasteiger partial charge in [-0.2, -0.15) is 0 Å². The van der Waals surface area contributed by atoms with Crippen LogP contribution in [-0.4, -0.2) is 29.1 Å². The van der Waals surface area contributed by atoms with E-state index in [4.69, 9.17) is 10.1 Å². The van der Waals surface area contributed by atoms with Gasteiger partial charge in [0.1, 0.15) is 22.4 Å². The van der Waals surface area contributed by atoms with Gasteiger partial charge in [0.25, 0.3) is 0 Å². The Morgan fingerprint density at radius 2 is 2.17 bits per heavy atom. The third kappa shape index (κ3) is 2.94. The Hall–Kier alpha value is -2.34. The summed E-state index contributed by atoms with van der Waals surface area (Å²) in [4.78, 5) is 6.15. The molecule has 0 fully saturated rings. The number of amidine groups is 1. The average molecular weight is 329 g/mol. The third-order valence-electron chi connectivity index (χ3n) is 3.55. The lowest BCUT2D eigenvalue weighted by Crippen LogP contribution is -2.26. The Balaban J connectivity index is 1.92. The molecule has 0 amide bonds. The fourth-order valence-corrected chi connectivity index (χ4v) is 3.36. The largest absolute Gasteiger partial charge is 0.510 e. The molecule has 1 aliphatic rings. The van der Waals surface area contributed by atoms with Gasteiger partial charge in [0, 0.05) is 11.1 Å². The molecule has 120 valence electrons. The van der Waals surface area contributed by atoms with Crippen molar-refractivity contribution in [2.24, 2.45) is 0 Å². The van der Waals surface area contributed by atoms with Gasteiger partial charge in [0.2, 0.25) is 0 Å². The lowest BCUT2D eigenvalue weighted by atomic mass is 10.2. The number of rotatable bonds is 5. The number of para-hydroxylation sites is 2. The number of aliphatic hydroxyl groups excluding tert-OH is 1. The number of aryl methyl sites for hydroxylation is 1. The van der Waals surface area contributed by atoms with E-state index in [1.807, 2.05) is 36.6 Å². The Kier molecular flexibility index (Phi) is 4.34. The molecule has 3 rings (SSSR count). The van der Waals surface area contributed by atoms with Gasteiger partial charge in [-0.1, -0.05) is 19.1 Å². The van der Waals surface area contributed by atoms with E-state index >= 15 is 0 Å². The molecule has 5 nitrogen and oxygen atoms in total. The highest BCUT2D eigenvalue weighted by Crippen LogP contribution is 2.36. The summed E-state index contributed by atoms with van der Waals surface area (Å²) in [5.74, 6) is 1.16. The number of nitrogens with one attached hydrogen (secondary N) is 1. The molecule has 0 atom stereocenters. The average Bonchev–Trinajstić information content (AvgIpc) is 3.08. The van der Waals surface area contributed by atoms with E-state index < -0.39 is 0 Å². The molecule has 23 heavy (non-hydrogen) atoms. The number of aromatic nitrogens is 1. The quantitative estimate of drug-likeness (QED) is 0.869. The van der Waals surface area contributed by atoms with Crippen molar-refractivity contribution < 1.29 is 9.84 Å². The molecule has 2 N–H and O–H groups in total. The van der Waals surface area contributed by atoms with E-state index in [0.717, 1.165) is 23.6 Å². The van der Waals surface area contributed by atoms with Crippen LogP contribution in [-0.2, 0) is 0 Å². The summed E-state index contributed by atoms with van der Waals surface area (Å²) in [6, 6.07) is 7.61. The topological polar surface area (TPSA) is 69.4 Å². The van der Waals surface area contributed by atoms with Crippen LogP contribution < -0.4 is 9.64 Å². The number of hydrogen-bond donors (Lipinski definition) is 2. The number of anilines is 1. The summed E-state index contributed by atoms with van der Waals surface area (Å²) in [6.07, 6.45) is 0.916. The molecule has 0 bridgehead atoms. The maximum absolute atomic E-state index is 10.3. The smallest absolute Gasteiger partial charge is 0.142 e. The molecule has 0 unspecified atom stereocenters. The minimum Gasteiger partial charge on any atom is -0.510 e. The van der Waals surface area contributed by atoms with Crippen molar-refractivity contribution in [2.45, 2.75) is 20.3 Å². The lowest BCUT2D eigenvalue weighted by molar-refractivity contribution is 0.318. The lowest BCUT2D eigenvalue weighted by Gasteiger charge is -2.21. The highest BCUT2D eigenvalue weighted by atomic mass is 32.1. The SMILES string of the molecule is CCCOc1ccccc1N1CC(O)=C(c2nc(C)cs2)C1=N. The van der Waals surface area contributed by atoms with E-state index in [2.05, 4.69) is 11.9 Å². The van der Waals surface area contributed by atoms with E-state index in [9.17, 15) is 5.11 Å². The highest BCUT2D eigenvalue weighted by Gasteiger charge is 2.32. The zero-order chi connectivity index (χ0) is 16.4. The van der Waals surface area contributed by atoms with Gasteiger partial charge in [-0.3, -0.25) is 5.41 Å². The maximum atomic E-state index is 10.3. The van der Waals surface area contributed by atoms with Crippen LogP contribution in [0, 0.1) is 12.3 Å². The zero-order valence-corrected chi connectivity index (χ0v) is 14.0. The second kappa shape index (κ2) is 6.42. The maximum Gasteiger partial charge on any atom is 0.142 e. The van der Waals surface area contributed by atoms with E-state index in [1.165, 1.54) is 11.3 Å². The zero-order valence-electron chi connectivity index (χ0n) is 13.2. The van der Waals surface area contributed by atoms with Crippen LogP contribution >= 0.6 is 11.3 Å². The predicted molar refractivity (Wildman–Crippen MR) is 93.7 cm³/mol. The van der Waals surface area contributed by atoms with Gasteiger partial charge in [-0.25, -0.2) is 4.98 Å². The first kappa shape index (κ1) is 15.6. The van der Waals surface area contributed by atoms with E-state index in [-0.39, 0.29) is 18.1 Å². The number of aliphatic hydroxyl groups is 1. The summed E-state index contributed by atoms with van der Waals surface area (Å²) >= 11 is 1.44. The fourth-order valence-electron chi connectivity index (χ4n) is 2.49. The standard InChI is InChI=1S/C17H19N3O2S/c1-3-8-22-14-7-5-4-6-12(14)20-9-13(21)15(16(20)18)17-19-11(2)10-23-17/h4-7,10,18,21H,3,8-9H2,1-2H3. The number of hydrogen-bond acceptors (Lipinski definition) is 5. The normalized spacial score (nSPS) is 14.7. The predicted octanol–water partition coefficient (Wildman–Crippen LogP) is 4.01. The first-order valence-corrected chi connectivity index (χ1v) is 8.42. The Bertz CT molecular complexity index is 767. The Labute approximate surface area is 139 Å². The molecular weight excluding hydrogens is 310 g/mol. The van der Waals surface area contributed by atoms with Gasteiger partial charge in [-0.05, 0) is 25.5 Å². The molecule has 1 aromatic heterocycles. The second-order valence-electron chi connectivity index (χ2n) is 5.37. The van der Waals surface area contributed by atoms with Crippen LogP contribution in [0.3, 0.4) is 0 Å². The first-order chi connectivity index (χ1) is 11.1. The molecule has 2 aromatic rings. The van der Waals surface area contributed by atoms with Gasteiger partial charge < -0.3 is 14.7 Å². The van der Waals surface area contributed by atoms with Crippen molar-refractivity contribution >= 4 is 28.4 Å². The summed E-state index contributed by atoms with van der Waals surface area (Å²) in [5, 5.41) is 21.4. The molecule has 1 aromatic carbocycles. The van der Waals surface area contributed by atoms with Crippen LogP contribution in [0.4, 0.5) is 5.69 Å². The van der Waals surface area contributed by atoms with Crippen LogP contribution in [0.5, 0.6) is 5.75 Å². The highest BCUT2D eigenvalue weighted by molar-refractivity contribution is 7.11. The van der Waals surface area contributed by atoms with Crippen molar-refractivity contribution in [3.05, 3.63) is 46.1 Å². The Morgan fingerprint density at radius 1 is 1.39 bits per heavy atom. The van der Waals surface area contributed by atoms with Crippen LogP contribution in [0.1, 0.15) is 24.0 Å². The molecule has 6 heteroatoms.